The van der Waals surface area contributed by atoms with Crippen molar-refractivity contribution >= 4 is 16.7 Å². The molecule has 5 heteroatoms. The molecule has 1 N–H and O–H groups in total. The lowest BCUT2D eigenvalue weighted by atomic mass is 10.0. The van der Waals surface area contributed by atoms with Gasteiger partial charge in [0.15, 0.2) is 5.82 Å². The van der Waals surface area contributed by atoms with Crippen molar-refractivity contribution < 1.29 is 4.74 Å². The third-order valence-electron chi connectivity index (χ3n) is 3.47. The highest BCUT2D eigenvalue weighted by molar-refractivity contribution is 7.09. The average molecular weight is 275 g/mol. The van der Waals surface area contributed by atoms with E-state index in [2.05, 4.69) is 38.9 Å². The lowest BCUT2D eigenvalue weighted by Gasteiger charge is -2.06. The summed E-state index contributed by atoms with van der Waals surface area (Å²) in [6.45, 7) is 1.45. The van der Waals surface area contributed by atoms with Gasteiger partial charge in [0.1, 0.15) is 0 Å². The normalized spacial score (nSPS) is 17.4. The molecule has 0 saturated heterocycles. The number of nitrogens with zero attached hydrogens (tertiary/aromatic N) is 2. The number of aryl methyl sites for hydroxylation is 1. The number of rotatable bonds is 5. The molecule has 3 rings (SSSR count). The Labute approximate surface area is 117 Å². The van der Waals surface area contributed by atoms with Crippen molar-refractivity contribution in [2.45, 2.75) is 18.8 Å². The second kappa shape index (κ2) is 5.67. The Morgan fingerprint density at radius 2 is 2.32 bits per heavy atom. The molecule has 0 bridgehead atoms. The molecule has 0 fully saturated rings. The number of nitrogens with one attached hydrogen (secondary N) is 1. The molecule has 1 aliphatic carbocycles. The van der Waals surface area contributed by atoms with Gasteiger partial charge in [0.05, 0.1) is 6.61 Å². The van der Waals surface area contributed by atoms with Crippen LogP contribution in [0.3, 0.4) is 0 Å². The first-order chi connectivity index (χ1) is 9.38. The third kappa shape index (κ3) is 2.62. The molecule has 1 aromatic carbocycles. The van der Waals surface area contributed by atoms with Crippen molar-refractivity contribution in [2.75, 3.05) is 25.6 Å². The molecule has 0 amide bonds. The Morgan fingerprint density at radius 1 is 1.42 bits per heavy atom. The number of fused-ring (bicyclic) bond motifs is 1. The maximum Gasteiger partial charge on any atom is 0.202 e. The number of aromatic nitrogens is 2. The molecule has 1 aliphatic rings. The van der Waals surface area contributed by atoms with Crippen LogP contribution in [0.1, 0.15) is 29.3 Å². The smallest absolute Gasteiger partial charge is 0.202 e. The van der Waals surface area contributed by atoms with Crippen LogP contribution in [0.15, 0.2) is 24.3 Å². The van der Waals surface area contributed by atoms with Gasteiger partial charge in [-0.1, -0.05) is 24.3 Å². The second-order valence-electron chi connectivity index (χ2n) is 4.67. The predicted molar refractivity (Wildman–Crippen MR) is 76.9 cm³/mol. The van der Waals surface area contributed by atoms with E-state index in [0.717, 1.165) is 30.3 Å². The van der Waals surface area contributed by atoms with Gasteiger partial charge in [-0.25, -0.2) is 4.98 Å². The first kappa shape index (κ1) is 12.6. The van der Waals surface area contributed by atoms with Gasteiger partial charge in [0, 0.05) is 31.1 Å². The maximum absolute atomic E-state index is 5.01. The summed E-state index contributed by atoms with van der Waals surface area (Å²) in [6, 6.07) is 8.61. The highest BCUT2D eigenvalue weighted by atomic mass is 32.1. The molecule has 1 atom stereocenters. The summed E-state index contributed by atoms with van der Waals surface area (Å²) in [4.78, 5) is 4.60. The Morgan fingerprint density at radius 3 is 3.21 bits per heavy atom. The van der Waals surface area contributed by atoms with E-state index in [1.165, 1.54) is 22.7 Å². The highest BCUT2D eigenvalue weighted by Crippen LogP contribution is 2.37. The number of anilines is 1. The Kier molecular flexibility index (Phi) is 3.75. The van der Waals surface area contributed by atoms with Crippen LogP contribution in [0.2, 0.25) is 0 Å². The SMILES string of the molecule is COCCNc1nc(C2CCc3ccccc32)ns1. The van der Waals surface area contributed by atoms with E-state index in [9.17, 15) is 0 Å². The largest absolute Gasteiger partial charge is 0.383 e. The van der Waals surface area contributed by atoms with Gasteiger partial charge in [-0.3, -0.25) is 0 Å². The van der Waals surface area contributed by atoms with Gasteiger partial charge in [0.25, 0.3) is 0 Å². The van der Waals surface area contributed by atoms with Crippen molar-refractivity contribution in [3.05, 3.63) is 41.2 Å². The Balaban J connectivity index is 1.74. The first-order valence-electron chi connectivity index (χ1n) is 6.52. The summed E-state index contributed by atoms with van der Waals surface area (Å²) in [6.07, 6.45) is 2.25. The van der Waals surface area contributed by atoms with E-state index in [4.69, 9.17) is 4.74 Å². The van der Waals surface area contributed by atoms with Crippen LogP contribution in [0.25, 0.3) is 0 Å². The van der Waals surface area contributed by atoms with Crippen molar-refractivity contribution in [3.8, 4) is 0 Å². The monoisotopic (exact) mass is 275 g/mol. The third-order valence-corrected chi connectivity index (χ3v) is 4.16. The van der Waals surface area contributed by atoms with Gasteiger partial charge in [-0.05, 0) is 24.0 Å². The quantitative estimate of drug-likeness (QED) is 0.852. The van der Waals surface area contributed by atoms with Crippen molar-refractivity contribution in [1.82, 2.24) is 9.36 Å². The van der Waals surface area contributed by atoms with Crippen LogP contribution >= 0.6 is 11.5 Å². The lowest BCUT2D eigenvalue weighted by molar-refractivity contribution is 0.211. The molecule has 1 unspecified atom stereocenters. The Hall–Kier alpha value is -1.46. The number of hydrogen-bond donors (Lipinski definition) is 1. The number of ether oxygens (including phenoxy) is 1. The molecule has 0 saturated carbocycles. The van der Waals surface area contributed by atoms with Crippen LogP contribution in [-0.2, 0) is 11.2 Å². The minimum Gasteiger partial charge on any atom is -0.383 e. The number of hydrogen-bond acceptors (Lipinski definition) is 5. The molecule has 0 aliphatic heterocycles. The summed E-state index contributed by atoms with van der Waals surface area (Å²) in [5.74, 6) is 1.32. The van der Waals surface area contributed by atoms with E-state index in [-0.39, 0.29) is 0 Å². The predicted octanol–water partition coefficient (Wildman–Crippen LogP) is 2.67. The average Bonchev–Trinajstić information content (AvgIpc) is 3.05. The number of methoxy groups -OCH3 is 1. The van der Waals surface area contributed by atoms with Gasteiger partial charge in [-0.2, -0.15) is 4.37 Å². The molecular formula is C14H17N3OS. The molecule has 0 radical (unpaired) electrons. The minimum atomic E-state index is 0.366. The number of benzene rings is 1. The van der Waals surface area contributed by atoms with Crippen LogP contribution in [0.4, 0.5) is 5.13 Å². The molecule has 19 heavy (non-hydrogen) atoms. The standard InChI is InChI=1S/C14H17N3OS/c1-18-9-8-15-14-16-13(17-19-14)12-7-6-10-4-2-3-5-11(10)12/h2-5,12H,6-9H2,1H3,(H,15,16,17). The lowest BCUT2D eigenvalue weighted by Crippen LogP contribution is -2.07. The van der Waals surface area contributed by atoms with Crippen molar-refractivity contribution in [2.24, 2.45) is 0 Å². The fourth-order valence-electron chi connectivity index (χ4n) is 2.53. The fraction of sp³-hybridized carbons (Fsp3) is 0.429. The summed E-state index contributed by atoms with van der Waals surface area (Å²) in [5, 5.41) is 4.12. The van der Waals surface area contributed by atoms with Gasteiger partial charge in [-0.15, -0.1) is 0 Å². The maximum atomic E-state index is 5.01. The van der Waals surface area contributed by atoms with Crippen LogP contribution in [0, 0.1) is 0 Å². The van der Waals surface area contributed by atoms with Crippen molar-refractivity contribution in [1.29, 1.82) is 0 Å². The minimum absolute atomic E-state index is 0.366. The van der Waals surface area contributed by atoms with Crippen LogP contribution in [0.5, 0.6) is 0 Å². The topological polar surface area (TPSA) is 47.0 Å². The second-order valence-corrected chi connectivity index (χ2v) is 5.42. The zero-order chi connectivity index (χ0) is 13.1. The zero-order valence-corrected chi connectivity index (χ0v) is 11.7. The first-order valence-corrected chi connectivity index (χ1v) is 7.30. The summed E-state index contributed by atoms with van der Waals surface area (Å²) in [7, 11) is 1.70. The van der Waals surface area contributed by atoms with E-state index in [1.54, 1.807) is 7.11 Å². The van der Waals surface area contributed by atoms with Crippen molar-refractivity contribution in [3.63, 3.8) is 0 Å². The molecule has 1 aromatic heterocycles. The molecular weight excluding hydrogens is 258 g/mol. The van der Waals surface area contributed by atoms with Gasteiger partial charge in [0.2, 0.25) is 5.13 Å². The van der Waals surface area contributed by atoms with E-state index >= 15 is 0 Å². The molecule has 4 nitrogen and oxygen atoms in total. The summed E-state index contributed by atoms with van der Waals surface area (Å²) < 4.78 is 9.51. The van der Waals surface area contributed by atoms with Gasteiger partial charge < -0.3 is 10.1 Å². The fourth-order valence-corrected chi connectivity index (χ4v) is 3.18. The summed E-state index contributed by atoms with van der Waals surface area (Å²) >= 11 is 1.43. The summed E-state index contributed by atoms with van der Waals surface area (Å²) in [5.41, 5.74) is 2.83. The van der Waals surface area contributed by atoms with Crippen LogP contribution < -0.4 is 5.32 Å². The molecule has 100 valence electrons. The van der Waals surface area contributed by atoms with Gasteiger partial charge >= 0.3 is 0 Å². The zero-order valence-electron chi connectivity index (χ0n) is 10.9. The molecule has 0 spiro atoms. The highest BCUT2D eigenvalue weighted by Gasteiger charge is 2.26. The van der Waals surface area contributed by atoms with Crippen LogP contribution in [-0.4, -0.2) is 29.6 Å². The van der Waals surface area contributed by atoms with E-state index < -0.39 is 0 Å². The van der Waals surface area contributed by atoms with E-state index in [1.807, 2.05) is 0 Å². The van der Waals surface area contributed by atoms with E-state index in [0.29, 0.717) is 12.5 Å². The Bertz CT molecular complexity index is 555. The molecule has 2 aromatic rings. The molecule has 1 heterocycles.